The highest BCUT2D eigenvalue weighted by atomic mass is 19.4. The van der Waals surface area contributed by atoms with Crippen molar-refractivity contribution < 1.29 is 37.3 Å². The van der Waals surface area contributed by atoms with Gasteiger partial charge in [0.15, 0.2) is 0 Å². The van der Waals surface area contributed by atoms with Gasteiger partial charge in [-0.3, -0.25) is 4.79 Å². The molecule has 0 saturated carbocycles. The molecule has 1 amide bonds. The number of carboxylic acid groups (broad SMARTS) is 1. The molecule has 1 heterocycles. The maximum Gasteiger partial charge on any atom is 0.416 e. The van der Waals surface area contributed by atoms with Gasteiger partial charge in [-0.05, 0) is 18.2 Å². The zero-order chi connectivity index (χ0) is 17.9. The number of halogens is 3. The van der Waals surface area contributed by atoms with Crippen molar-refractivity contribution in [3.8, 4) is 5.75 Å². The number of nitrogens with zero attached hydrogens (tertiary/aromatic N) is 1. The average molecular weight is 347 g/mol. The van der Waals surface area contributed by atoms with Crippen LogP contribution in [0.25, 0.3) is 0 Å². The summed E-state index contributed by atoms with van der Waals surface area (Å²) < 4.78 is 48.9. The standard InChI is InChI=1S/C15H16F3NO5/c1-9(20)23-8-10-6-11(15(16,17)18)2-3-13(10)24-12-4-5-19(7-12)14(21)22/h2-3,6,12H,4-5,7-8H2,1H3,(H,21,22). The fourth-order valence-electron chi connectivity index (χ4n) is 2.34. The van der Waals surface area contributed by atoms with Crippen molar-refractivity contribution in [3.05, 3.63) is 29.3 Å². The highest BCUT2D eigenvalue weighted by Crippen LogP contribution is 2.33. The topological polar surface area (TPSA) is 76.1 Å². The van der Waals surface area contributed by atoms with Crippen LogP contribution in [0.2, 0.25) is 0 Å². The largest absolute Gasteiger partial charge is 0.488 e. The molecular weight excluding hydrogens is 331 g/mol. The summed E-state index contributed by atoms with van der Waals surface area (Å²) in [7, 11) is 0. The van der Waals surface area contributed by atoms with Crippen molar-refractivity contribution in [1.29, 1.82) is 0 Å². The fraction of sp³-hybridized carbons (Fsp3) is 0.467. The van der Waals surface area contributed by atoms with Crippen LogP contribution in [-0.4, -0.2) is 41.3 Å². The molecule has 1 saturated heterocycles. The molecule has 1 aliphatic heterocycles. The van der Waals surface area contributed by atoms with Crippen LogP contribution < -0.4 is 4.74 Å². The van der Waals surface area contributed by atoms with Crippen molar-refractivity contribution in [1.82, 2.24) is 4.90 Å². The minimum atomic E-state index is -4.53. The van der Waals surface area contributed by atoms with Crippen LogP contribution in [-0.2, 0) is 22.3 Å². The summed E-state index contributed by atoms with van der Waals surface area (Å²) in [6, 6.07) is 2.89. The van der Waals surface area contributed by atoms with Crippen LogP contribution in [0.3, 0.4) is 0 Å². The number of hydrogen-bond acceptors (Lipinski definition) is 4. The van der Waals surface area contributed by atoms with E-state index in [0.717, 1.165) is 25.1 Å². The van der Waals surface area contributed by atoms with Crippen LogP contribution in [0.15, 0.2) is 18.2 Å². The Labute approximate surface area is 135 Å². The Balaban J connectivity index is 2.18. The Bertz CT molecular complexity index is 632. The quantitative estimate of drug-likeness (QED) is 0.848. The molecule has 0 aliphatic carbocycles. The minimum absolute atomic E-state index is 0.0776. The summed E-state index contributed by atoms with van der Waals surface area (Å²) in [5, 5.41) is 8.91. The first-order valence-corrected chi connectivity index (χ1v) is 7.15. The summed E-state index contributed by atoms with van der Waals surface area (Å²) in [5.41, 5.74) is -0.801. The smallest absolute Gasteiger partial charge is 0.416 e. The van der Waals surface area contributed by atoms with Gasteiger partial charge in [0.25, 0.3) is 0 Å². The molecule has 1 aromatic rings. The molecule has 0 aromatic heterocycles. The Morgan fingerprint density at radius 1 is 1.38 bits per heavy atom. The molecule has 1 aliphatic rings. The summed E-state index contributed by atoms with van der Waals surface area (Å²) >= 11 is 0. The lowest BCUT2D eigenvalue weighted by Gasteiger charge is -2.18. The Morgan fingerprint density at radius 3 is 2.62 bits per heavy atom. The predicted octanol–water partition coefficient (Wildman–Crippen LogP) is 2.90. The number of rotatable bonds is 4. The fourth-order valence-corrected chi connectivity index (χ4v) is 2.34. The number of hydrogen-bond donors (Lipinski definition) is 1. The van der Waals surface area contributed by atoms with Gasteiger partial charge in [0.2, 0.25) is 0 Å². The molecule has 1 fully saturated rings. The van der Waals surface area contributed by atoms with Gasteiger partial charge in [-0.15, -0.1) is 0 Å². The normalized spacial score (nSPS) is 17.7. The summed E-state index contributed by atoms with van der Waals surface area (Å²) in [6.45, 7) is 1.21. The van der Waals surface area contributed by atoms with E-state index in [4.69, 9.17) is 14.6 Å². The molecule has 1 unspecified atom stereocenters. The molecule has 0 bridgehead atoms. The van der Waals surface area contributed by atoms with Gasteiger partial charge < -0.3 is 19.5 Å². The average Bonchev–Trinajstić information content (AvgIpc) is 2.93. The lowest BCUT2D eigenvalue weighted by molar-refractivity contribution is -0.142. The predicted molar refractivity (Wildman–Crippen MR) is 75.5 cm³/mol. The van der Waals surface area contributed by atoms with Gasteiger partial charge in [-0.2, -0.15) is 13.2 Å². The number of carbonyl (C=O) groups excluding carboxylic acids is 1. The van der Waals surface area contributed by atoms with E-state index in [0.29, 0.717) is 13.0 Å². The molecule has 6 nitrogen and oxygen atoms in total. The Morgan fingerprint density at radius 2 is 2.08 bits per heavy atom. The van der Waals surface area contributed by atoms with Crippen molar-refractivity contribution in [2.24, 2.45) is 0 Å². The first kappa shape index (κ1) is 17.9. The zero-order valence-corrected chi connectivity index (χ0v) is 12.8. The van der Waals surface area contributed by atoms with Crippen LogP contribution in [0.5, 0.6) is 5.75 Å². The number of likely N-dealkylation sites (tertiary alicyclic amines) is 1. The first-order valence-electron chi connectivity index (χ1n) is 7.15. The molecule has 0 spiro atoms. The number of carbonyl (C=O) groups is 2. The lowest BCUT2D eigenvalue weighted by atomic mass is 10.1. The summed E-state index contributed by atoms with van der Waals surface area (Å²) in [6.07, 6.45) is -5.64. The first-order chi connectivity index (χ1) is 11.2. The summed E-state index contributed by atoms with van der Waals surface area (Å²) in [5.74, 6) is -0.488. The van der Waals surface area contributed by atoms with Gasteiger partial charge in [-0.25, -0.2) is 4.79 Å². The van der Waals surface area contributed by atoms with Gasteiger partial charge in [0.1, 0.15) is 18.5 Å². The number of amides is 1. The van der Waals surface area contributed by atoms with Crippen molar-refractivity contribution >= 4 is 12.1 Å². The maximum absolute atomic E-state index is 12.8. The minimum Gasteiger partial charge on any atom is -0.488 e. The lowest BCUT2D eigenvalue weighted by Crippen LogP contribution is -2.29. The van der Waals surface area contributed by atoms with E-state index in [1.54, 1.807) is 0 Å². The van der Waals surface area contributed by atoms with E-state index in [-0.39, 0.29) is 24.5 Å². The highest BCUT2D eigenvalue weighted by molar-refractivity contribution is 5.66. The Hall–Kier alpha value is -2.45. The van der Waals surface area contributed by atoms with Crippen LogP contribution in [0, 0.1) is 0 Å². The third-order valence-electron chi connectivity index (χ3n) is 3.53. The molecular formula is C15H16F3NO5. The molecule has 132 valence electrons. The van der Waals surface area contributed by atoms with E-state index in [1.807, 2.05) is 0 Å². The van der Waals surface area contributed by atoms with Crippen molar-refractivity contribution in [2.45, 2.75) is 32.2 Å². The van der Waals surface area contributed by atoms with Crippen molar-refractivity contribution in [2.75, 3.05) is 13.1 Å². The molecule has 2 rings (SSSR count). The number of ether oxygens (including phenoxy) is 2. The second-order valence-corrected chi connectivity index (χ2v) is 5.36. The van der Waals surface area contributed by atoms with E-state index in [2.05, 4.69) is 0 Å². The zero-order valence-electron chi connectivity index (χ0n) is 12.8. The number of alkyl halides is 3. The van der Waals surface area contributed by atoms with Gasteiger partial charge in [0.05, 0.1) is 12.1 Å². The van der Waals surface area contributed by atoms with Crippen molar-refractivity contribution in [3.63, 3.8) is 0 Å². The Kier molecular flexibility index (Phi) is 5.20. The van der Waals surface area contributed by atoms with E-state index >= 15 is 0 Å². The highest BCUT2D eigenvalue weighted by Gasteiger charge is 2.32. The van der Waals surface area contributed by atoms with E-state index in [1.165, 1.54) is 4.90 Å². The summed E-state index contributed by atoms with van der Waals surface area (Å²) in [4.78, 5) is 23.0. The molecule has 1 atom stereocenters. The second kappa shape index (κ2) is 6.98. The molecule has 24 heavy (non-hydrogen) atoms. The second-order valence-electron chi connectivity index (χ2n) is 5.36. The molecule has 1 N–H and O–H groups in total. The van der Waals surface area contributed by atoms with Gasteiger partial charge in [-0.1, -0.05) is 0 Å². The third kappa shape index (κ3) is 4.53. The van der Waals surface area contributed by atoms with Gasteiger partial charge in [0, 0.05) is 25.5 Å². The van der Waals surface area contributed by atoms with Crippen LogP contribution in [0.1, 0.15) is 24.5 Å². The monoisotopic (exact) mass is 347 g/mol. The number of benzene rings is 1. The molecule has 9 heteroatoms. The third-order valence-corrected chi connectivity index (χ3v) is 3.53. The molecule has 1 aromatic carbocycles. The number of esters is 1. The van der Waals surface area contributed by atoms with Gasteiger partial charge >= 0.3 is 18.2 Å². The van der Waals surface area contributed by atoms with Crippen LogP contribution >= 0.6 is 0 Å². The SMILES string of the molecule is CC(=O)OCc1cc(C(F)(F)F)ccc1OC1CCN(C(=O)O)C1. The molecule has 0 radical (unpaired) electrons. The van der Waals surface area contributed by atoms with E-state index < -0.39 is 29.9 Å². The maximum atomic E-state index is 12.8. The van der Waals surface area contributed by atoms with Crippen LogP contribution in [0.4, 0.5) is 18.0 Å². The van der Waals surface area contributed by atoms with E-state index in [9.17, 15) is 22.8 Å².